The van der Waals surface area contributed by atoms with Crippen LogP contribution in [-0.2, 0) is 4.74 Å². The van der Waals surface area contributed by atoms with Gasteiger partial charge in [0.25, 0.3) is 0 Å². The highest BCUT2D eigenvalue weighted by Gasteiger charge is 2.20. The molecule has 0 atom stereocenters. The van der Waals surface area contributed by atoms with Gasteiger partial charge in [0.2, 0.25) is 0 Å². The molecule has 0 saturated heterocycles. The fourth-order valence-electron chi connectivity index (χ4n) is 1.67. The van der Waals surface area contributed by atoms with Gasteiger partial charge in [-0.1, -0.05) is 0 Å². The van der Waals surface area contributed by atoms with Gasteiger partial charge in [-0.15, -0.1) is 0 Å². The Morgan fingerprint density at radius 2 is 1.89 bits per heavy atom. The van der Waals surface area contributed by atoms with Gasteiger partial charge in [-0.2, -0.15) is 0 Å². The number of methoxy groups -OCH3 is 1. The number of aryl methyl sites for hydroxylation is 1. The molecule has 0 bridgehead atoms. The normalized spacial score (nSPS) is 10.7. The monoisotopic (exact) mass is 255 g/mol. The van der Waals surface area contributed by atoms with Crippen molar-refractivity contribution >= 4 is 16.9 Å². The summed E-state index contributed by atoms with van der Waals surface area (Å²) < 4.78 is 44.3. The SMILES string of the molecule is COC(=O)c1cc(C)nc2c(F)c(F)c(F)cc12. The fourth-order valence-corrected chi connectivity index (χ4v) is 1.67. The number of carbonyl (C=O) groups is 1. The number of aromatic nitrogens is 1. The molecule has 2 rings (SSSR count). The van der Waals surface area contributed by atoms with Crippen LogP contribution < -0.4 is 0 Å². The summed E-state index contributed by atoms with van der Waals surface area (Å²) in [5, 5.41) is -0.121. The molecule has 94 valence electrons. The third-order valence-electron chi connectivity index (χ3n) is 2.47. The quantitative estimate of drug-likeness (QED) is 0.581. The molecule has 0 amide bonds. The zero-order valence-corrected chi connectivity index (χ0v) is 9.55. The smallest absolute Gasteiger partial charge is 0.338 e. The van der Waals surface area contributed by atoms with Gasteiger partial charge >= 0.3 is 5.97 Å². The predicted octanol–water partition coefficient (Wildman–Crippen LogP) is 2.75. The second-order valence-corrected chi connectivity index (χ2v) is 3.69. The van der Waals surface area contributed by atoms with Crippen molar-refractivity contribution < 1.29 is 22.7 Å². The maximum atomic E-state index is 13.6. The fraction of sp³-hybridized carbons (Fsp3) is 0.167. The van der Waals surface area contributed by atoms with Crippen LogP contribution in [0.5, 0.6) is 0 Å². The van der Waals surface area contributed by atoms with Gasteiger partial charge < -0.3 is 4.74 Å². The molecule has 0 aliphatic carbocycles. The first-order valence-electron chi connectivity index (χ1n) is 4.99. The van der Waals surface area contributed by atoms with Gasteiger partial charge in [0.15, 0.2) is 17.5 Å². The summed E-state index contributed by atoms with van der Waals surface area (Å²) in [5.41, 5.74) is -0.153. The summed E-state index contributed by atoms with van der Waals surface area (Å²) in [6.07, 6.45) is 0. The Labute approximate surface area is 100 Å². The molecule has 18 heavy (non-hydrogen) atoms. The number of hydrogen-bond acceptors (Lipinski definition) is 3. The van der Waals surface area contributed by atoms with E-state index in [4.69, 9.17) is 0 Å². The summed E-state index contributed by atoms with van der Waals surface area (Å²) in [6, 6.07) is 2.05. The second-order valence-electron chi connectivity index (χ2n) is 3.69. The Morgan fingerprint density at radius 3 is 2.50 bits per heavy atom. The molecule has 0 fully saturated rings. The summed E-state index contributed by atoms with van der Waals surface area (Å²) in [6.45, 7) is 1.51. The van der Waals surface area contributed by atoms with Crippen LogP contribution in [0.15, 0.2) is 12.1 Å². The minimum Gasteiger partial charge on any atom is -0.465 e. The lowest BCUT2D eigenvalue weighted by molar-refractivity contribution is 0.0603. The maximum absolute atomic E-state index is 13.6. The van der Waals surface area contributed by atoms with E-state index in [1.807, 2.05) is 0 Å². The average molecular weight is 255 g/mol. The van der Waals surface area contributed by atoms with Crippen molar-refractivity contribution in [3.05, 3.63) is 40.8 Å². The molecule has 1 aromatic carbocycles. The third kappa shape index (κ3) is 1.79. The van der Waals surface area contributed by atoms with Crippen LogP contribution in [0, 0.1) is 24.4 Å². The van der Waals surface area contributed by atoms with Gasteiger partial charge in [-0.05, 0) is 19.1 Å². The minimum atomic E-state index is -1.61. The molecule has 3 nitrogen and oxygen atoms in total. The molecule has 1 aromatic heterocycles. The van der Waals surface area contributed by atoms with E-state index in [2.05, 4.69) is 9.72 Å². The largest absolute Gasteiger partial charge is 0.465 e. The van der Waals surface area contributed by atoms with Gasteiger partial charge in [-0.25, -0.2) is 22.9 Å². The molecule has 0 aliphatic rings. The Kier molecular flexibility index (Phi) is 2.94. The molecule has 1 heterocycles. The average Bonchev–Trinajstić information content (AvgIpc) is 2.35. The molecule has 0 N–H and O–H groups in total. The molecular formula is C12H8F3NO2. The summed E-state index contributed by atoms with van der Waals surface area (Å²) in [7, 11) is 1.14. The zero-order chi connectivity index (χ0) is 13.4. The van der Waals surface area contributed by atoms with E-state index in [0.29, 0.717) is 5.69 Å². The van der Waals surface area contributed by atoms with Crippen molar-refractivity contribution in [3.8, 4) is 0 Å². The van der Waals surface area contributed by atoms with Crippen LogP contribution in [0.2, 0.25) is 0 Å². The summed E-state index contributed by atoms with van der Waals surface area (Å²) in [5.74, 6) is -5.18. The van der Waals surface area contributed by atoms with Crippen LogP contribution in [0.4, 0.5) is 13.2 Å². The number of hydrogen-bond donors (Lipinski definition) is 0. The van der Waals surface area contributed by atoms with Gasteiger partial charge in [0.1, 0.15) is 5.52 Å². The van der Waals surface area contributed by atoms with Gasteiger partial charge in [-0.3, -0.25) is 0 Å². The molecule has 6 heteroatoms. The van der Waals surface area contributed by atoms with Crippen LogP contribution in [0.1, 0.15) is 16.1 Å². The van der Waals surface area contributed by atoms with Crippen molar-refractivity contribution in [2.75, 3.05) is 7.11 Å². The lowest BCUT2D eigenvalue weighted by atomic mass is 10.1. The van der Waals surface area contributed by atoms with E-state index in [9.17, 15) is 18.0 Å². The lowest BCUT2D eigenvalue weighted by Gasteiger charge is -2.07. The topological polar surface area (TPSA) is 39.2 Å². The summed E-state index contributed by atoms with van der Waals surface area (Å²) >= 11 is 0. The first-order chi connectivity index (χ1) is 8.45. The number of ether oxygens (including phenoxy) is 1. The van der Waals surface area contributed by atoms with E-state index in [-0.39, 0.29) is 10.9 Å². The number of esters is 1. The second kappa shape index (κ2) is 4.29. The minimum absolute atomic E-state index is 0.0576. The third-order valence-corrected chi connectivity index (χ3v) is 2.47. The number of rotatable bonds is 1. The molecular weight excluding hydrogens is 247 g/mol. The van der Waals surface area contributed by atoms with E-state index in [1.165, 1.54) is 13.0 Å². The number of benzene rings is 1. The molecule has 0 aliphatic heterocycles. The predicted molar refractivity (Wildman–Crippen MR) is 57.7 cm³/mol. The Hall–Kier alpha value is -2.11. The standard InChI is InChI=1S/C12H8F3NO2/c1-5-3-7(12(17)18-2)6-4-8(13)9(14)10(15)11(6)16-5/h3-4H,1-2H3. The van der Waals surface area contributed by atoms with Gasteiger partial charge in [0.05, 0.1) is 12.7 Å². The first kappa shape index (κ1) is 12.3. The number of nitrogens with zero attached hydrogens (tertiary/aromatic N) is 1. The maximum Gasteiger partial charge on any atom is 0.338 e. The Morgan fingerprint density at radius 1 is 1.22 bits per heavy atom. The zero-order valence-electron chi connectivity index (χ0n) is 9.55. The van der Waals surface area contributed by atoms with Crippen molar-refractivity contribution in [1.29, 1.82) is 0 Å². The van der Waals surface area contributed by atoms with Crippen LogP contribution in [0.25, 0.3) is 10.9 Å². The number of fused-ring (bicyclic) bond motifs is 1. The Bertz CT molecular complexity index is 656. The first-order valence-corrected chi connectivity index (χ1v) is 4.99. The highest BCUT2D eigenvalue weighted by atomic mass is 19.2. The van der Waals surface area contributed by atoms with Crippen LogP contribution in [-0.4, -0.2) is 18.1 Å². The molecule has 0 unspecified atom stereocenters. The van der Waals surface area contributed by atoms with Crippen molar-refractivity contribution in [2.24, 2.45) is 0 Å². The Balaban J connectivity index is 2.92. The summed E-state index contributed by atoms with van der Waals surface area (Å²) in [4.78, 5) is 15.3. The highest BCUT2D eigenvalue weighted by Crippen LogP contribution is 2.25. The molecule has 0 spiro atoms. The van der Waals surface area contributed by atoms with Crippen molar-refractivity contribution in [3.63, 3.8) is 0 Å². The van der Waals surface area contributed by atoms with Gasteiger partial charge in [0, 0.05) is 11.1 Å². The van der Waals surface area contributed by atoms with E-state index in [0.717, 1.165) is 13.2 Å². The molecule has 2 aromatic rings. The lowest BCUT2D eigenvalue weighted by Crippen LogP contribution is -2.06. The van der Waals surface area contributed by atoms with Crippen molar-refractivity contribution in [2.45, 2.75) is 6.92 Å². The van der Waals surface area contributed by atoms with E-state index >= 15 is 0 Å². The number of pyridine rings is 1. The van der Waals surface area contributed by atoms with E-state index < -0.39 is 28.9 Å². The number of carbonyl (C=O) groups excluding carboxylic acids is 1. The molecule has 0 radical (unpaired) electrons. The highest BCUT2D eigenvalue weighted by molar-refractivity contribution is 6.03. The molecule has 0 saturated carbocycles. The number of halogens is 3. The van der Waals surface area contributed by atoms with E-state index in [1.54, 1.807) is 0 Å². The van der Waals surface area contributed by atoms with Crippen molar-refractivity contribution in [1.82, 2.24) is 4.98 Å². The van der Waals surface area contributed by atoms with Crippen LogP contribution >= 0.6 is 0 Å². The van der Waals surface area contributed by atoms with Crippen LogP contribution in [0.3, 0.4) is 0 Å².